The number of rotatable bonds is 3. The van der Waals surface area contributed by atoms with Crippen LogP contribution in [0.2, 0.25) is 5.02 Å². The van der Waals surface area contributed by atoms with Gasteiger partial charge in [0, 0.05) is 47.4 Å². The van der Waals surface area contributed by atoms with E-state index in [0.717, 1.165) is 38.2 Å². The number of fused-ring (bicyclic) bond motifs is 2. The van der Waals surface area contributed by atoms with Crippen LogP contribution in [0.25, 0.3) is 22.2 Å². The third kappa shape index (κ3) is 3.22. The lowest BCUT2D eigenvalue weighted by atomic mass is 10.1. The van der Waals surface area contributed by atoms with E-state index < -0.39 is 5.82 Å². The Hall–Kier alpha value is -2.77. The second-order valence-electron chi connectivity index (χ2n) is 8.38. The first-order valence-corrected chi connectivity index (χ1v) is 12.0. The van der Waals surface area contributed by atoms with E-state index in [9.17, 15) is 9.18 Å². The number of nitrogens with zero attached hydrogens (tertiary/aromatic N) is 4. The number of pyridine rings is 1. The summed E-state index contributed by atoms with van der Waals surface area (Å²) in [5.74, 6) is 1.40. The van der Waals surface area contributed by atoms with E-state index in [1.54, 1.807) is 28.0 Å². The minimum atomic E-state index is -0.469. The molecule has 1 aromatic carbocycles. The SMILES string of the molecule is O=c1c2cc(N3CCC(c4cccs4)C3)nc(-c3ccc(Cl)cc3F)c2nc2n1CCC2. The summed E-state index contributed by atoms with van der Waals surface area (Å²) in [6, 6.07) is 10.6. The number of anilines is 1. The standard InChI is InChI=1S/C24H20ClFN4OS/c25-15-5-6-16(18(26)11-15)22-23-17(24(31)30-8-1-4-20(30)27-23)12-21(28-22)29-9-7-14(13-29)19-3-2-10-32-19/h2-3,5-6,10-12,14H,1,4,7-9,13H2. The predicted octanol–water partition coefficient (Wildman–Crippen LogP) is 5.25. The lowest BCUT2D eigenvalue weighted by Gasteiger charge is -2.20. The van der Waals surface area contributed by atoms with Gasteiger partial charge in [-0.1, -0.05) is 17.7 Å². The Morgan fingerprint density at radius 2 is 2.06 bits per heavy atom. The van der Waals surface area contributed by atoms with Crippen LogP contribution in [-0.4, -0.2) is 27.6 Å². The van der Waals surface area contributed by atoms with Gasteiger partial charge in [-0.25, -0.2) is 14.4 Å². The smallest absolute Gasteiger partial charge is 0.261 e. The molecule has 2 aliphatic rings. The molecular formula is C24H20ClFN4OS. The Morgan fingerprint density at radius 3 is 2.88 bits per heavy atom. The van der Waals surface area contributed by atoms with Crippen LogP contribution < -0.4 is 10.5 Å². The van der Waals surface area contributed by atoms with E-state index in [2.05, 4.69) is 22.4 Å². The number of thiophene rings is 1. The number of aromatic nitrogens is 3. The minimum absolute atomic E-state index is 0.0734. The van der Waals surface area contributed by atoms with Crippen molar-refractivity contribution in [3.63, 3.8) is 0 Å². The van der Waals surface area contributed by atoms with Gasteiger partial charge in [0.15, 0.2) is 0 Å². The predicted molar refractivity (Wildman–Crippen MR) is 126 cm³/mol. The van der Waals surface area contributed by atoms with Gasteiger partial charge in [-0.2, -0.15) is 0 Å². The molecule has 0 radical (unpaired) electrons. The molecule has 1 fully saturated rings. The molecule has 6 rings (SSSR count). The van der Waals surface area contributed by atoms with E-state index >= 15 is 0 Å². The van der Waals surface area contributed by atoms with Crippen molar-refractivity contribution in [1.82, 2.24) is 14.5 Å². The highest BCUT2D eigenvalue weighted by atomic mass is 35.5. The van der Waals surface area contributed by atoms with E-state index in [1.807, 2.05) is 6.07 Å². The highest BCUT2D eigenvalue weighted by molar-refractivity contribution is 7.10. The Kier molecular flexibility index (Phi) is 4.77. The molecule has 5 heterocycles. The summed E-state index contributed by atoms with van der Waals surface area (Å²) in [5, 5.41) is 2.91. The molecule has 2 aliphatic heterocycles. The Balaban J connectivity index is 1.53. The molecule has 1 saturated heterocycles. The first-order valence-electron chi connectivity index (χ1n) is 10.8. The van der Waals surface area contributed by atoms with E-state index in [0.29, 0.717) is 45.5 Å². The lowest BCUT2D eigenvalue weighted by molar-refractivity contribution is 0.631. The van der Waals surface area contributed by atoms with Crippen molar-refractivity contribution in [2.24, 2.45) is 0 Å². The fourth-order valence-electron chi connectivity index (χ4n) is 4.83. The average Bonchev–Trinajstić information content (AvgIpc) is 3.54. The topological polar surface area (TPSA) is 51.0 Å². The molecule has 0 bridgehead atoms. The van der Waals surface area contributed by atoms with Gasteiger partial charge in [-0.15, -0.1) is 11.3 Å². The van der Waals surface area contributed by atoms with Gasteiger partial charge in [0.25, 0.3) is 5.56 Å². The van der Waals surface area contributed by atoms with Crippen molar-refractivity contribution < 1.29 is 4.39 Å². The molecule has 1 atom stereocenters. The summed E-state index contributed by atoms with van der Waals surface area (Å²) >= 11 is 7.75. The average molecular weight is 467 g/mol. The number of benzene rings is 1. The molecule has 5 nitrogen and oxygen atoms in total. The van der Waals surface area contributed by atoms with Crippen molar-refractivity contribution in [2.45, 2.75) is 31.7 Å². The minimum Gasteiger partial charge on any atom is -0.356 e. The quantitative estimate of drug-likeness (QED) is 0.413. The molecule has 4 aromatic rings. The summed E-state index contributed by atoms with van der Waals surface area (Å²) in [6.45, 7) is 2.33. The summed E-state index contributed by atoms with van der Waals surface area (Å²) in [7, 11) is 0. The first-order chi connectivity index (χ1) is 15.6. The van der Waals surface area contributed by atoms with Gasteiger partial charge in [0.2, 0.25) is 0 Å². The zero-order valence-corrected chi connectivity index (χ0v) is 18.8. The Labute approximate surface area is 193 Å². The third-order valence-corrected chi connectivity index (χ3v) is 7.70. The number of hydrogen-bond acceptors (Lipinski definition) is 5. The fraction of sp³-hybridized carbons (Fsp3) is 0.292. The molecule has 162 valence electrons. The molecule has 0 N–H and O–H groups in total. The van der Waals surface area contributed by atoms with Crippen LogP contribution in [0, 0.1) is 5.82 Å². The molecule has 3 aromatic heterocycles. The van der Waals surface area contributed by atoms with Crippen LogP contribution >= 0.6 is 22.9 Å². The van der Waals surface area contributed by atoms with Gasteiger partial charge in [0.1, 0.15) is 28.7 Å². The third-order valence-electron chi connectivity index (χ3n) is 6.43. The largest absolute Gasteiger partial charge is 0.356 e. The van der Waals surface area contributed by atoms with Crippen molar-refractivity contribution >= 4 is 39.7 Å². The first kappa shape index (κ1) is 19.9. The highest BCUT2D eigenvalue weighted by Crippen LogP contribution is 2.36. The van der Waals surface area contributed by atoms with Gasteiger partial charge in [-0.3, -0.25) is 9.36 Å². The zero-order chi connectivity index (χ0) is 21.8. The molecule has 8 heteroatoms. The van der Waals surface area contributed by atoms with Crippen molar-refractivity contribution in [3.8, 4) is 11.3 Å². The lowest BCUT2D eigenvalue weighted by Crippen LogP contribution is -2.24. The summed E-state index contributed by atoms with van der Waals surface area (Å²) in [6.07, 6.45) is 2.65. The summed E-state index contributed by atoms with van der Waals surface area (Å²) in [4.78, 5) is 26.5. The van der Waals surface area contributed by atoms with Gasteiger partial charge >= 0.3 is 0 Å². The summed E-state index contributed by atoms with van der Waals surface area (Å²) < 4.78 is 16.7. The molecule has 0 saturated carbocycles. The van der Waals surface area contributed by atoms with Crippen LogP contribution in [0.5, 0.6) is 0 Å². The number of aryl methyl sites for hydroxylation is 1. The van der Waals surface area contributed by atoms with E-state index in [1.165, 1.54) is 10.9 Å². The second kappa shape index (κ2) is 7.67. The van der Waals surface area contributed by atoms with Crippen molar-refractivity contribution in [1.29, 1.82) is 0 Å². The van der Waals surface area contributed by atoms with E-state index in [4.69, 9.17) is 21.6 Å². The monoisotopic (exact) mass is 466 g/mol. The molecule has 32 heavy (non-hydrogen) atoms. The molecule has 0 amide bonds. The van der Waals surface area contributed by atoms with Crippen LogP contribution in [0.1, 0.15) is 29.5 Å². The molecule has 0 aliphatic carbocycles. The normalized spacial score (nSPS) is 17.9. The van der Waals surface area contributed by atoms with Crippen molar-refractivity contribution in [3.05, 3.63) is 73.7 Å². The summed E-state index contributed by atoms with van der Waals surface area (Å²) in [5.41, 5.74) is 1.10. The maximum atomic E-state index is 14.9. The Bertz CT molecular complexity index is 1400. The van der Waals surface area contributed by atoms with Crippen LogP contribution in [0.4, 0.5) is 10.2 Å². The molecule has 1 unspecified atom stereocenters. The highest BCUT2D eigenvalue weighted by Gasteiger charge is 2.28. The van der Waals surface area contributed by atoms with E-state index in [-0.39, 0.29) is 5.56 Å². The van der Waals surface area contributed by atoms with Crippen LogP contribution in [-0.2, 0) is 13.0 Å². The fourth-order valence-corrected chi connectivity index (χ4v) is 5.84. The maximum absolute atomic E-state index is 14.9. The van der Waals surface area contributed by atoms with Crippen LogP contribution in [0.15, 0.2) is 46.6 Å². The van der Waals surface area contributed by atoms with Gasteiger partial charge in [0.05, 0.1) is 5.39 Å². The second-order valence-corrected chi connectivity index (χ2v) is 9.80. The maximum Gasteiger partial charge on any atom is 0.261 e. The number of halogens is 2. The van der Waals surface area contributed by atoms with Gasteiger partial charge in [-0.05, 0) is 48.6 Å². The number of hydrogen-bond donors (Lipinski definition) is 0. The van der Waals surface area contributed by atoms with Gasteiger partial charge < -0.3 is 4.90 Å². The Morgan fingerprint density at radius 1 is 1.16 bits per heavy atom. The van der Waals surface area contributed by atoms with Crippen molar-refractivity contribution in [2.75, 3.05) is 18.0 Å². The molecule has 0 spiro atoms. The zero-order valence-electron chi connectivity index (χ0n) is 17.2. The molecular weight excluding hydrogens is 447 g/mol. The van der Waals surface area contributed by atoms with Crippen LogP contribution in [0.3, 0.4) is 0 Å².